The minimum atomic E-state index is -0.160. The fourth-order valence-corrected chi connectivity index (χ4v) is 5.44. The van der Waals surface area contributed by atoms with Gasteiger partial charge in [-0.05, 0) is 61.2 Å². The van der Waals surface area contributed by atoms with Gasteiger partial charge in [0.1, 0.15) is 5.82 Å². The lowest BCUT2D eigenvalue weighted by Gasteiger charge is -2.46. The monoisotopic (exact) mass is 374 g/mol. The Morgan fingerprint density at radius 2 is 1.92 bits per heavy atom. The maximum atomic E-state index is 13.5. The second kappa shape index (κ2) is 7.79. The summed E-state index contributed by atoms with van der Waals surface area (Å²) in [5.74, 6) is -0.160. The Morgan fingerprint density at radius 3 is 2.65 bits per heavy atom. The van der Waals surface area contributed by atoms with E-state index in [0.29, 0.717) is 6.61 Å². The highest BCUT2D eigenvalue weighted by atomic mass is 32.1. The van der Waals surface area contributed by atoms with Crippen LogP contribution in [-0.2, 0) is 21.3 Å². The normalized spacial score (nSPS) is 28.7. The van der Waals surface area contributed by atoms with Crippen LogP contribution < -0.4 is 0 Å². The molecule has 4 heteroatoms. The van der Waals surface area contributed by atoms with Gasteiger partial charge in [0.05, 0.1) is 12.2 Å². The third-order valence-corrected chi connectivity index (χ3v) is 7.02. The van der Waals surface area contributed by atoms with Crippen LogP contribution in [0.5, 0.6) is 0 Å². The summed E-state index contributed by atoms with van der Waals surface area (Å²) in [5, 5.41) is 2.15. The summed E-state index contributed by atoms with van der Waals surface area (Å²) in [7, 11) is 0. The predicted molar refractivity (Wildman–Crippen MR) is 103 cm³/mol. The van der Waals surface area contributed by atoms with E-state index in [4.69, 9.17) is 9.47 Å². The van der Waals surface area contributed by atoms with Gasteiger partial charge in [-0.3, -0.25) is 0 Å². The minimum Gasteiger partial charge on any atom is -0.378 e. The zero-order valence-corrected chi connectivity index (χ0v) is 16.0. The summed E-state index contributed by atoms with van der Waals surface area (Å²) < 4.78 is 25.4. The van der Waals surface area contributed by atoms with E-state index in [1.807, 2.05) is 23.5 Å². The number of aryl methyl sites for hydroxylation is 1. The molecule has 2 fully saturated rings. The Labute approximate surface area is 159 Å². The van der Waals surface area contributed by atoms with E-state index >= 15 is 0 Å². The molecule has 1 aromatic carbocycles. The van der Waals surface area contributed by atoms with Crippen LogP contribution in [0.3, 0.4) is 0 Å². The highest BCUT2D eigenvalue weighted by Gasteiger charge is 2.48. The molecular weight excluding hydrogens is 347 g/mol. The van der Waals surface area contributed by atoms with Gasteiger partial charge in [-0.25, -0.2) is 4.39 Å². The molecule has 0 bridgehead atoms. The standard InChI is InChI=1S/C22H27FO2S/c23-19-8-6-18(7-9-19)21(10-2-1-4-20-5-3-15-26-20)11-14-25-22(16-21)12-13-24-17-22/h3,5-9,15H,1-2,4,10-14,16-17H2/t21-,22-/m1/s1. The third kappa shape index (κ3) is 3.88. The molecule has 2 nitrogen and oxygen atoms in total. The summed E-state index contributed by atoms with van der Waals surface area (Å²) >= 11 is 1.84. The Bertz CT molecular complexity index is 691. The van der Waals surface area contributed by atoms with Crippen molar-refractivity contribution in [3.05, 3.63) is 58.0 Å². The lowest BCUT2D eigenvalue weighted by molar-refractivity contribution is -0.108. The van der Waals surface area contributed by atoms with Crippen molar-refractivity contribution >= 4 is 11.3 Å². The molecule has 2 saturated heterocycles. The molecule has 0 saturated carbocycles. The molecular formula is C22H27FO2S. The molecule has 0 N–H and O–H groups in total. The van der Waals surface area contributed by atoms with Crippen molar-refractivity contribution in [1.29, 1.82) is 0 Å². The maximum Gasteiger partial charge on any atom is 0.123 e. The fraction of sp³-hybridized carbons (Fsp3) is 0.545. The number of thiophene rings is 1. The lowest BCUT2D eigenvalue weighted by atomic mass is 9.65. The number of rotatable bonds is 6. The lowest BCUT2D eigenvalue weighted by Crippen LogP contribution is -2.48. The first-order valence-electron chi connectivity index (χ1n) is 9.70. The summed E-state index contributed by atoms with van der Waals surface area (Å²) in [6.45, 7) is 2.26. The Hall–Kier alpha value is -1.23. The summed E-state index contributed by atoms with van der Waals surface area (Å²) in [6.07, 6.45) is 7.66. The molecule has 26 heavy (non-hydrogen) atoms. The van der Waals surface area contributed by atoms with Crippen molar-refractivity contribution in [2.75, 3.05) is 19.8 Å². The number of benzene rings is 1. The van der Waals surface area contributed by atoms with Gasteiger partial charge >= 0.3 is 0 Å². The van der Waals surface area contributed by atoms with Crippen molar-refractivity contribution in [3.63, 3.8) is 0 Å². The highest BCUT2D eigenvalue weighted by Crippen LogP contribution is 2.47. The highest BCUT2D eigenvalue weighted by molar-refractivity contribution is 7.09. The molecule has 3 heterocycles. The second-order valence-electron chi connectivity index (χ2n) is 7.83. The van der Waals surface area contributed by atoms with Crippen molar-refractivity contribution < 1.29 is 13.9 Å². The molecule has 0 amide bonds. The van der Waals surface area contributed by atoms with E-state index in [1.54, 1.807) is 12.1 Å². The number of hydrogen-bond acceptors (Lipinski definition) is 3. The van der Waals surface area contributed by atoms with Gasteiger partial charge in [-0.1, -0.05) is 24.6 Å². The number of unbranched alkanes of at least 4 members (excludes halogenated alkanes) is 1. The van der Waals surface area contributed by atoms with Crippen LogP contribution in [0.1, 0.15) is 49.0 Å². The van der Waals surface area contributed by atoms with Crippen LogP contribution in [0, 0.1) is 5.82 Å². The average Bonchev–Trinajstić information content (AvgIpc) is 3.32. The van der Waals surface area contributed by atoms with Gasteiger partial charge in [0.2, 0.25) is 0 Å². The summed E-state index contributed by atoms with van der Waals surface area (Å²) in [5.41, 5.74) is 1.21. The zero-order chi connectivity index (χ0) is 17.9. The molecule has 2 aromatic rings. The van der Waals surface area contributed by atoms with Crippen LogP contribution in [0.25, 0.3) is 0 Å². The SMILES string of the molecule is Fc1ccc([C@]2(CCCCc3cccs3)CCO[C@]3(CCOC3)C2)cc1. The smallest absolute Gasteiger partial charge is 0.123 e. The third-order valence-electron chi connectivity index (χ3n) is 6.08. The van der Waals surface area contributed by atoms with Gasteiger partial charge in [0.15, 0.2) is 0 Å². The largest absolute Gasteiger partial charge is 0.378 e. The van der Waals surface area contributed by atoms with E-state index < -0.39 is 0 Å². The molecule has 2 aliphatic rings. The molecule has 2 atom stereocenters. The van der Waals surface area contributed by atoms with E-state index in [-0.39, 0.29) is 16.8 Å². The minimum absolute atomic E-state index is 0.0785. The number of halogens is 1. The molecule has 1 aromatic heterocycles. The van der Waals surface area contributed by atoms with Crippen LogP contribution in [-0.4, -0.2) is 25.4 Å². The zero-order valence-electron chi connectivity index (χ0n) is 15.2. The van der Waals surface area contributed by atoms with Crippen molar-refractivity contribution in [1.82, 2.24) is 0 Å². The van der Waals surface area contributed by atoms with Gasteiger partial charge in [0, 0.05) is 29.9 Å². The first kappa shape index (κ1) is 18.1. The van der Waals surface area contributed by atoms with Crippen LogP contribution in [0.4, 0.5) is 4.39 Å². The molecule has 0 unspecified atom stereocenters. The molecule has 0 aliphatic carbocycles. The number of hydrogen-bond donors (Lipinski definition) is 0. The van der Waals surface area contributed by atoms with E-state index in [0.717, 1.165) is 45.3 Å². The van der Waals surface area contributed by atoms with Gasteiger partial charge in [-0.2, -0.15) is 0 Å². The van der Waals surface area contributed by atoms with E-state index in [9.17, 15) is 4.39 Å². The van der Waals surface area contributed by atoms with E-state index in [1.165, 1.54) is 23.3 Å². The van der Waals surface area contributed by atoms with E-state index in [2.05, 4.69) is 17.5 Å². The fourth-order valence-electron chi connectivity index (χ4n) is 4.69. The van der Waals surface area contributed by atoms with Gasteiger partial charge in [0.25, 0.3) is 0 Å². The Balaban J connectivity index is 1.50. The second-order valence-corrected chi connectivity index (χ2v) is 8.87. The first-order chi connectivity index (χ1) is 12.7. The van der Waals surface area contributed by atoms with Crippen LogP contribution >= 0.6 is 11.3 Å². The van der Waals surface area contributed by atoms with Crippen molar-refractivity contribution in [3.8, 4) is 0 Å². The molecule has 0 radical (unpaired) electrons. The topological polar surface area (TPSA) is 18.5 Å². The quantitative estimate of drug-likeness (QED) is 0.621. The maximum absolute atomic E-state index is 13.5. The summed E-state index contributed by atoms with van der Waals surface area (Å²) in [6, 6.07) is 11.5. The Morgan fingerprint density at radius 1 is 1.04 bits per heavy atom. The summed E-state index contributed by atoms with van der Waals surface area (Å²) in [4.78, 5) is 1.47. The van der Waals surface area contributed by atoms with Crippen LogP contribution in [0.15, 0.2) is 41.8 Å². The molecule has 1 spiro atoms. The predicted octanol–water partition coefficient (Wildman–Crippen LogP) is 5.51. The van der Waals surface area contributed by atoms with Crippen molar-refractivity contribution in [2.45, 2.75) is 56.0 Å². The first-order valence-corrected chi connectivity index (χ1v) is 10.6. The van der Waals surface area contributed by atoms with Gasteiger partial charge < -0.3 is 9.47 Å². The molecule has 140 valence electrons. The van der Waals surface area contributed by atoms with Gasteiger partial charge in [-0.15, -0.1) is 11.3 Å². The average molecular weight is 375 g/mol. The number of ether oxygens (including phenoxy) is 2. The van der Waals surface area contributed by atoms with Crippen molar-refractivity contribution in [2.24, 2.45) is 0 Å². The Kier molecular flexibility index (Phi) is 5.44. The van der Waals surface area contributed by atoms with Crippen LogP contribution in [0.2, 0.25) is 0 Å². The molecule has 4 rings (SSSR count). The molecule has 2 aliphatic heterocycles.